The molecule has 1 aliphatic rings. The molecule has 1 N–H and O–H groups in total. The third-order valence-corrected chi connectivity index (χ3v) is 3.52. The first kappa shape index (κ1) is 11.0. The smallest absolute Gasteiger partial charge is 0.131 e. The molecule has 0 radical (unpaired) electrons. The van der Waals surface area contributed by atoms with Crippen LogP contribution in [-0.2, 0) is 17.7 Å². The van der Waals surface area contributed by atoms with Gasteiger partial charge in [-0.3, -0.25) is 0 Å². The maximum atomic E-state index is 5.57. The first-order valence-corrected chi connectivity index (χ1v) is 6.27. The van der Waals surface area contributed by atoms with E-state index in [1.54, 1.807) is 11.3 Å². The summed E-state index contributed by atoms with van der Waals surface area (Å²) >= 11 is 1.70. The van der Waals surface area contributed by atoms with E-state index in [1.807, 2.05) is 7.05 Å². The van der Waals surface area contributed by atoms with Crippen LogP contribution < -0.4 is 5.32 Å². The summed E-state index contributed by atoms with van der Waals surface area (Å²) in [7, 11) is 1.92. The van der Waals surface area contributed by atoms with E-state index >= 15 is 0 Å². The van der Waals surface area contributed by atoms with Gasteiger partial charge >= 0.3 is 0 Å². The van der Waals surface area contributed by atoms with Crippen molar-refractivity contribution in [2.75, 3.05) is 13.7 Å². The number of aromatic nitrogens is 2. The van der Waals surface area contributed by atoms with Crippen molar-refractivity contribution in [3.8, 4) is 0 Å². The monoisotopic (exact) mass is 227 g/mol. The molecule has 0 aliphatic carbocycles. The van der Waals surface area contributed by atoms with Gasteiger partial charge in [-0.15, -0.1) is 21.5 Å². The van der Waals surface area contributed by atoms with Crippen molar-refractivity contribution >= 4 is 11.3 Å². The Morgan fingerprint density at radius 3 is 3.07 bits per heavy atom. The minimum absolute atomic E-state index is 0.460. The van der Waals surface area contributed by atoms with Crippen molar-refractivity contribution in [3.05, 3.63) is 10.0 Å². The van der Waals surface area contributed by atoms with Crippen LogP contribution in [0.25, 0.3) is 0 Å². The average Bonchev–Trinajstić information content (AvgIpc) is 2.85. The van der Waals surface area contributed by atoms with Crippen LogP contribution in [0.5, 0.6) is 0 Å². The Morgan fingerprint density at radius 1 is 1.47 bits per heavy atom. The average molecular weight is 227 g/mol. The second kappa shape index (κ2) is 5.53. The van der Waals surface area contributed by atoms with Gasteiger partial charge in [-0.25, -0.2) is 0 Å². The Bertz CT molecular complexity index is 297. The molecule has 1 aromatic heterocycles. The van der Waals surface area contributed by atoms with E-state index in [0.717, 1.165) is 36.0 Å². The molecule has 1 aliphatic heterocycles. The predicted molar refractivity (Wildman–Crippen MR) is 60.0 cm³/mol. The van der Waals surface area contributed by atoms with Crippen LogP contribution in [0.2, 0.25) is 0 Å². The summed E-state index contributed by atoms with van der Waals surface area (Å²) in [5, 5.41) is 13.6. The minimum Gasteiger partial charge on any atom is -0.378 e. The first-order valence-electron chi connectivity index (χ1n) is 5.46. The van der Waals surface area contributed by atoms with Crippen molar-refractivity contribution in [1.29, 1.82) is 0 Å². The van der Waals surface area contributed by atoms with Gasteiger partial charge in [0.15, 0.2) is 0 Å². The molecular weight excluding hydrogens is 210 g/mol. The summed E-state index contributed by atoms with van der Waals surface area (Å²) in [6.45, 7) is 1.75. The van der Waals surface area contributed by atoms with Crippen molar-refractivity contribution < 1.29 is 4.74 Å². The van der Waals surface area contributed by atoms with Gasteiger partial charge in [-0.1, -0.05) is 0 Å². The van der Waals surface area contributed by atoms with Crippen LogP contribution in [0.4, 0.5) is 0 Å². The standard InChI is InChI=1S/C10H17N3OS/c1-11-7-10-13-12-9(15-10)5-4-8-3-2-6-14-8/h8,11H,2-7H2,1H3. The van der Waals surface area contributed by atoms with Crippen molar-refractivity contribution in [1.82, 2.24) is 15.5 Å². The van der Waals surface area contributed by atoms with Crippen LogP contribution in [0.3, 0.4) is 0 Å². The minimum atomic E-state index is 0.460. The van der Waals surface area contributed by atoms with Gasteiger partial charge in [0.25, 0.3) is 0 Å². The van der Waals surface area contributed by atoms with E-state index in [0.29, 0.717) is 6.10 Å². The molecule has 0 bridgehead atoms. The normalized spacial score (nSPS) is 21.0. The second-order valence-electron chi connectivity index (χ2n) is 3.79. The fourth-order valence-corrected chi connectivity index (χ4v) is 2.64. The van der Waals surface area contributed by atoms with Crippen molar-refractivity contribution in [2.24, 2.45) is 0 Å². The summed E-state index contributed by atoms with van der Waals surface area (Å²) in [5.41, 5.74) is 0. The van der Waals surface area contributed by atoms with Crippen molar-refractivity contribution in [2.45, 2.75) is 38.3 Å². The highest BCUT2D eigenvalue weighted by Gasteiger charge is 2.16. The Morgan fingerprint density at radius 2 is 2.33 bits per heavy atom. The summed E-state index contributed by atoms with van der Waals surface area (Å²) in [5.74, 6) is 0. The van der Waals surface area contributed by atoms with Gasteiger partial charge in [-0.2, -0.15) is 0 Å². The zero-order valence-electron chi connectivity index (χ0n) is 9.03. The van der Waals surface area contributed by atoms with Gasteiger partial charge in [0.05, 0.1) is 6.10 Å². The molecule has 2 heterocycles. The van der Waals surface area contributed by atoms with Crippen molar-refractivity contribution in [3.63, 3.8) is 0 Å². The zero-order chi connectivity index (χ0) is 10.5. The predicted octanol–water partition coefficient (Wildman–Crippen LogP) is 1.37. The molecule has 0 spiro atoms. The highest BCUT2D eigenvalue weighted by Crippen LogP contribution is 2.19. The first-order chi connectivity index (χ1) is 7.38. The largest absolute Gasteiger partial charge is 0.378 e. The topological polar surface area (TPSA) is 47.0 Å². The lowest BCUT2D eigenvalue weighted by molar-refractivity contribution is 0.104. The highest BCUT2D eigenvalue weighted by molar-refractivity contribution is 7.11. The fraction of sp³-hybridized carbons (Fsp3) is 0.800. The van der Waals surface area contributed by atoms with Gasteiger partial charge < -0.3 is 10.1 Å². The Hall–Kier alpha value is -0.520. The zero-order valence-corrected chi connectivity index (χ0v) is 9.85. The maximum Gasteiger partial charge on any atom is 0.131 e. The van der Waals surface area contributed by atoms with E-state index in [2.05, 4.69) is 15.5 Å². The van der Waals surface area contributed by atoms with Crippen LogP contribution >= 0.6 is 11.3 Å². The van der Waals surface area contributed by atoms with Crippen LogP contribution in [0.1, 0.15) is 29.3 Å². The van der Waals surface area contributed by atoms with E-state index in [-0.39, 0.29) is 0 Å². The SMILES string of the molecule is CNCc1nnc(CCC2CCCO2)s1. The molecule has 0 amide bonds. The molecule has 0 aromatic carbocycles. The number of aryl methyl sites for hydroxylation is 1. The molecule has 15 heavy (non-hydrogen) atoms. The van der Waals surface area contributed by atoms with Gasteiger partial charge in [0.1, 0.15) is 10.0 Å². The molecule has 4 nitrogen and oxygen atoms in total. The fourth-order valence-electron chi connectivity index (χ4n) is 1.77. The van der Waals surface area contributed by atoms with Gasteiger partial charge in [-0.05, 0) is 26.3 Å². The number of hydrogen-bond donors (Lipinski definition) is 1. The molecule has 1 aromatic rings. The highest BCUT2D eigenvalue weighted by atomic mass is 32.1. The molecule has 2 rings (SSSR count). The third-order valence-electron chi connectivity index (χ3n) is 2.54. The number of hydrogen-bond acceptors (Lipinski definition) is 5. The molecule has 1 saturated heterocycles. The number of nitrogens with zero attached hydrogens (tertiary/aromatic N) is 2. The maximum absolute atomic E-state index is 5.57. The molecule has 5 heteroatoms. The summed E-state index contributed by atoms with van der Waals surface area (Å²) in [6.07, 6.45) is 4.98. The van der Waals surface area contributed by atoms with Gasteiger partial charge in [0, 0.05) is 19.6 Å². The lowest BCUT2D eigenvalue weighted by atomic mass is 10.1. The molecule has 84 valence electrons. The number of rotatable bonds is 5. The van der Waals surface area contributed by atoms with Crippen LogP contribution in [0, 0.1) is 0 Å². The van der Waals surface area contributed by atoms with Crippen LogP contribution in [-0.4, -0.2) is 30.0 Å². The third kappa shape index (κ3) is 3.22. The lowest BCUT2D eigenvalue weighted by Gasteiger charge is -2.06. The Balaban J connectivity index is 1.77. The number of ether oxygens (including phenoxy) is 1. The van der Waals surface area contributed by atoms with E-state index < -0.39 is 0 Å². The molecular formula is C10H17N3OS. The van der Waals surface area contributed by atoms with E-state index in [9.17, 15) is 0 Å². The summed E-state index contributed by atoms with van der Waals surface area (Å²) < 4.78 is 5.57. The molecule has 1 unspecified atom stereocenters. The van der Waals surface area contributed by atoms with E-state index in [4.69, 9.17) is 4.74 Å². The Labute approximate surface area is 94.1 Å². The molecule has 0 saturated carbocycles. The molecule has 1 fully saturated rings. The van der Waals surface area contributed by atoms with Crippen LogP contribution in [0.15, 0.2) is 0 Å². The second-order valence-corrected chi connectivity index (χ2v) is 4.94. The lowest BCUT2D eigenvalue weighted by Crippen LogP contribution is -2.05. The van der Waals surface area contributed by atoms with Gasteiger partial charge in [0.2, 0.25) is 0 Å². The Kier molecular flexibility index (Phi) is 4.05. The van der Waals surface area contributed by atoms with E-state index in [1.165, 1.54) is 12.8 Å². The quantitative estimate of drug-likeness (QED) is 0.825. The summed E-state index contributed by atoms with van der Waals surface area (Å²) in [6, 6.07) is 0. The summed E-state index contributed by atoms with van der Waals surface area (Å²) in [4.78, 5) is 0. The number of nitrogens with one attached hydrogen (secondary N) is 1. The molecule has 1 atom stereocenters.